The summed E-state index contributed by atoms with van der Waals surface area (Å²) in [7, 11) is 1.65. The van der Waals surface area contributed by atoms with Crippen LogP contribution in [0.1, 0.15) is 25.5 Å². The zero-order chi connectivity index (χ0) is 14.4. The molecular weight excluding hydrogens is 324 g/mol. The van der Waals surface area contributed by atoms with Gasteiger partial charge in [0, 0.05) is 6.54 Å². The molecule has 0 saturated heterocycles. The molecule has 0 unspecified atom stereocenters. The first kappa shape index (κ1) is 16.0. The van der Waals surface area contributed by atoms with Crippen LogP contribution in [0, 0.1) is 0 Å². The molecule has 0 aliphatic rings. The van der Waals surface area contributed by atoms with Crippen LogP contribution < -0.4 is 15.4 Å². The first-order chi connectivity index (χ1) is 8.93. The van der Waals surface area contributed by atoms with Crippen LogP contribution in [0.25, 0.3) is 0 Å². The smallest absolute Gasteiger partial charge is 0.167 e. The van der Waals surface area contributed by atoms with Crippen LogP contribution in [0.5, 0.6) is 5.75 Å². The van der Waals surface area contributed by atoms with Gasteiger partial charge in [0.05, 0.1) is 17.6 Å². The molecule has 1 atom stereocenters. The topological polar surface area (TPSA) is 33.3 Å². The zero-order valence-electron chi connectivity index (χ0n) is 11.4. The lowest BCUT2D eigenvalue weighted by atomic mass is 10.1. The van der Waals surface area contributed by atoms with Crippen LogP contribution in [0.2, 0.25) is 0 Å². The summed E-state index contributed by atoms with van der Waals surface area (Å²) >= 11 is 8.71. The highest BCUT2D eigenvalue weighted by Crippen LogP contribution is 2.27. The van der Waals surface area contributed by atoms with Crippen molar-refractivity contribution in [1.29, 1.82) is 0 Å². The fourth-order valence-electron chi connectivity index (χ4n) is 1.51. The molecule has 0 aromatic heterocycles. The zero-order valence-corrected chi connectivity index (χ0v) is 13.8. The second-order valence-corrected chi connectivity index (χ2v) is 5.66. The summed E-state index contributed by atoms with van der Waals surface area (Å²) < 4.78 is 6.14. The van der Waals surface area contributed by atoms with Crippen molar-refractivity contribution in [3.05, 3.63) is 40.4 Å². The van der Waals surface area contributed by atoms with E-state index < -0.39 is 0 Å². The fraction of sp³-hybridized carbons (Fsp3) is 0.357. The van der Waals surface area contributed by atoms with Crippen LogP contribution in [-0.4, -0.2) is 18.8 Å². The summed E-state index contributed by atoms with van der Waals surface area (Å²) in [4.78, 5) is 0. The van der Waals surface area contributed by atoms with Gasteiger partial charge in [-0.3, -0.25) is 0 Å². The van der Waals surface area contributed by atoms with Crippen LogP contribution in [0.15, 0.2) is 34.8 Å². The minimum absolute atomic E-state index is 0.118. The largest absolute Gasteiger partial charge is 0.496 e. The number of ether oxygens (including phenoxy) is 1. The van der Waals surface area contributed by atoms with Gasteiger partial charge in [-0.05, 0) is 59.7 Å². The Morgan fingerprint density at radius 3 is 2.74 bits per heavy atom. The highest BCUT2D eigenvalue weighted by Gasteiger charge is 2.09. The predicted octanol–water partition coefficient (Wildman–Crippen LogP) is 3.56. The van der Waals surface area contributed by atoms with Crippen LogP contribution in [0.4, 0.5) is 0 Å². The molecule has 0 aliphatic carbocycles. The van der Waals surface area contributed by atoms with Gasteiger partial charge in [-0.2, -0.15) is 0 Å². The Bertz CT molecular complexity index is 477. The normalized spacial score (nSPS) is 11.6. The monoisotopic (exact) mass is 342 g/mol. The number of benzene rings is 1. The van der Waals surface area contributed by atoms with Crippen molar-refractivity contribution in [2.24, 2.45) is 0 Å². The van der Waals surface area contributed by atoms with Gasteiger partial charge in [0.1, 0.15) is 5.75 Å². The molecular formula is C14H19BrN2OS. The Morgan fingerprint density at radius 1 is 1.53 bits per heavy atom. The Balaban J connectivity index is 2.62. The van der Waals surface area contributed by atoms with Gasteiger partial charge >= 0.3 is 0 Å². The lowest BCUT2D eigenvalue weighted by Gasteiger charge is -2.18. The van der Waals surface area contributed by atoms with Crippen molar-refractivity contribution in [1.82, 2.24) is 10.6 Å². The maximum Gasteiger partial charge on any atom is 0.167 e. The van der Waals surface area contributed by atoms with E-state index in [9.17, 15) is 0 Å². The fourth-order valence-corrected chi connectivity index (χ4v) is 2.32. The van der Waals surface area contributed by atoms with Crippen molar-refractivity contribution in [3.8, 4) is 5.75 Å². The van der Waals surface area contributed by atoms with Gasteiger partial charge in [0.15, 0.2) is 5.11 Å². The molecule has 0 heterocycles. The molecule has 3 nitrogen and oxygen atoms in total. The van der Waals surface area contributed by atoms with Crippen molar-refractivity contribution in [2.45, 2.75) is 19.9 Å². The molecule has 0 amide bonds. The molecule has 104 valence electrons. The number of nitrogens with one attached hydrogen (secondary N) is 2. The second kappa shape index (κ2) is 7.50. The third-order valence-electron chi connectivity index (χ3n) is 2.57. The van der Waals surface area contributed by atoms with E-state index >= 15 is 0 Å². The van der Waals surface area contributed by atoms with Gasteiger partial charge in [-0.15, -0.1) is 0 Å². The Morgan fingerprint density at radius 2 is 2.21 bits per heavy atom. The van der Waals surface area contributed by atoms with E-state index in [4.69, 9.17) is 17.0 Å². The van der Waals surface area contributed by atoms with Crippen LogP contribution in [0.3, 0.4) is 0 Å². The van der Waals surface area contributed by atoms with Gasteiger partial charge in [0.2, 0.25) is 0 Å². The average Bonchev–Trinajstić information content (AvgIpc) is 2.36. The van der Waals surface area contributed by atoms with E-state index in [0.29, 0.717) is 11.7 Å². The van der Waals surface area contributed by atoms with Crippen LogP contribution in [-0.2, 0) is 0 Å². The number of hydrogen-bond donors (Lipinski definition) is 2. The van der Waals surface area contributed by atoms with Crippen LogP contribution >= 0.6 is 28.1 Å². The quantitative estimate of drug-likeness (QED) is 0.633. The van der Waals surface area contributed by atoms with Gasteiger partial charge < -0.3 is 15.4 Å². The summed E-state index contributed by atoms with van der Waals surface area (Å²) in [5, 5.41) is 6.97. The Kier molecular flexibility index (Phi) is 6.31. The minimum atomic E-state index is 0.118. The number of methoxy groups -OCH3 is 1. The van der Waals surface area contributed by atoms with E-state index in [1.54, 1.807) is 7.11 Å². The van der Waals surface area contributed by atoms with Crippen molar-refractivity contribution in [3.63, 3.8) is 0 Å². The third-order valence-corrected chi connectivity index (χ3v) is 3.46. The molecule has 0 fully saturated rings. The molecule has 0 radical (unpaired) electrons. The molecule has 0 bridgehead atoms. The summed E-state index contributed by atoms with van der Waals surface area (Å²) in [5.41, 5.74) is 2.18. The second-order valence-electron chi connectivity index (χ2n) is 4.40. The molecule has 1 aromatic carbocycles. The SMILES string of the molecule is C=C(C)CNC(=S)N[C@@H](C)c1ccc(OC)c(Br)c1. The minimum Gasteiger partial charge on any atom is -0.496 e. The number of halogens is 1. The molecule has 0 aliphatic heterocycles. The Labute approximate surface area is 128 Å². The number of thiocarbonyl (C=S) groups is 1. The lowest BCUT2D eigenvalue weighted by Crippen LogP contribution is -2.37. The molecule has 2 N–H and O–H groups in total. The predicted molar refractivity (Wildman–Crippen MR) is 87.7 cm³/mol. The molecule has 0 saturated carbocycles. The van der Waals surface area contributed by atoms with E-state index in [1.165, 1.54) is 0 Å². The molecule has 0 spiro atoms. The summed E-state index contributed by atoms with van der Waals surface area (Å²) in [6.07, 6.45) is 0. The maximum absolute atomic E-state index is 5.23. The van der Waals surface area contributed by atoms with Crippen molar-refractivity contribution in [2.75, 3.05) is 13.7 Å². The van der Waals surface area contributed by atoms with Crippen molar-refractivity contribution < 1.29 is 4.74 Å². The highest BCUT2D eigenvalue weighted by atomic mass is 79.9. The molecule has 1 rings (SSSR count). The maximum atomic E-state index is 5.23. The van der Waals surface area contributed by atoms with E-state index in [1.807, 2.05) is 25.1 Å². The van der Waals surface area contributed by atoms with Gasteiger partial charge in [-0.1, -0.05) is 18.2 Å². The molecule has 19 heavy (non-hydrogen) atoms. The van der Waals surface area contributed by atoms with Gasteiger partial charge in [0.25, 0.3) is 0 Å². The van der Waals surface area contributed by atoms with Gasteiger partial charge in [-0.25, -0.2) is 0 Å². The Hall–Kier alpha value is -1.07. The summed E-state index contributed by atoms with van der Waals surface area (Å²) in [5.74, 6) is 0.818. The summed E-state index contributed by atoms with van der Waals surface area (Å²) in [6, 6.07) is 6.09. The first-order valence-electron chi connectivity index (χ1n) is 5.96. The van der Waals surface area contributed by atoms with Crippen molar-refractivity contribution >= 4 is 33.3 Å². The lowest BCUT2D eigenvalue weighted by molar-refractivity contribution is 0.412. The molecule has 5 heteroatoms. The summed E-state index contributed by atoms with van der Waals surface area (Å²) in [6.45, 7) is 8.53. The van der Waals surface area contributed by atoms with E-state index in [2.05, 4.69) is 40.1 Å². The first-order valence-corrected chi connectivity index (χ1v) is 7.16. The molecule has 1 aromatic rings. The third kappa shape index (κ3) is 5.20. The average molecular weight is 343 g/mol. The standard InChI is InChI=1S/C14H19BrN2OS/c1-9(2)8-16-14(19)17-10(3)11-5-6-13(18-4)12(15)7-11/h5-7,10H,1,8H2,2-4H3,(H2,16,17,19)/t10-/m0/s1. The number of rotatable bonds is 5. The van der Waals surface area contributed by atoms with E-state index in [-0.39, 0.29) is 6.04 Å². The van der Waals surface area contributed by atoms with E-state index in [0.717, 1.165) is 21.4 Å². The number of hydrogen-bond acceptors (Lipinski definition) is 2. The highest BCUT2D eigenvalue weighted by molar-refractivity contribution is 9.10.